The maximum absolute atomic E-state index is 12.8. The summed E-state index contributed by atoms with van der Waals surface area (Å²) >= 11 is 12.1. The van der Waals surface area contributed by atoms with Crippen molar-refractivity contribution < 1.29 is 19.5 Å². The summed E-state index contributed by atoms with van der Waals surface area (Å²) in [5.41, 5.74) is 6.61. The number of nitrogens with zero attached hydrogens (tertiary/aromatic N) is 3. The van der Waals surface area contributed by atoms with Crippen molar-refractivity contribution >= 4 is 46.7 Å². The van der Waals surface area contributed by atoms with Gasteiger partial charge in [0.2, 0.25) is 0 Å². The van der Waals surface area contributed by atoms with Gasteiger partial charge in [0, 0.05) is 18.2 Å². The number of hydrogen-bond donors (Lipinski definition) is 3. The van der Waals surface area contributed by atoms with Crippen LogP contribution >= 0.6 is 23.2 Å². The van der Waals surface area contributed by atoms with E-state index in [1.54, 1.807) is 18.2 Å². The average molecular weight is 474 g/mol. The van der Waals surface area contributed by atoms with E-state index in [1.807, 2.05) is 0 Å². The van der Waals surface area contributed by atoms with E-state index >= 15 is 0 Å². The third-order valence-electron chi connectivity index (χ3n) is 4.66. The Labute approximate surface area is 192 Å². The van der Waals surface area contributed by atoms with Crippen LogP contribution in [0.2, 0.25) is 10.0 Å². The number of nitrogen functional groups attached to an aromatic ring is 1. The van der Waals surface area contributed by atoms with Crippen LogP contribution in [0.15, 0.2) is 55.0 Å². The van der Waals surface area contributed by atoms with Gasteiger partial charge in [0.25, 0.3) is 5.91 Å². The minimum Gasteiger partial charge on any atom is -0.480 e. The number of benzene rings is 2. The van der Waals surface area contributed by atoms with Crippen LogP contribution in [-0.4, -0.2) is 43.8 Å². The van der Waals surface area contributed by atoms with Crippen LogP contribution in [0.4, 0.5) is 5.82 Å². The number of hydrazine groups is 1. The number of carboxylic acids is 1. The quantitative estimate of drug-likeness (QED) is 0.205. The number of hydrogen-bond acceptors (Lipinski definition) is 7. The highest BCUT2D eigenvalue weighted by Crippen LogP contribution is 2.26. The highest BCUT2D eigenvalue weighted by atomic mass is 35.5. The van der Waals surface area contributed by atoms with Crippen LogP contribution in [-0.2, 0) is 11.2 Å². The van der Waals surface area contributed by atoms with Crippen molar-refractivity contribution in [3.8, 4) is 0 Å². The van der Waals surface area contributed by atoms with E-state index in [1.165, 1.54) is 36.8 Å². The van der Waals surface area contributed by atoms with E-state index in [0.717, 1.165) is 0 Å². The summed E-state index contributed by atoms with van der Waals surface area (Å²) in [6, 6.07) is 9.18. The molecule has 1 amide bonds. The lowest BCUT2D eigenvalue weighted by atomic mass is 10.00. The Morgan fingerprint density at radius 2 is 1.69 bits per heavy atom. The van der Waals surface area contributed by atoms with Crippen molar-refractivity contribution in [3.63, 3.8) is 0 Å². The molecule has 1 atom stereocenters. The van der Waals surface area contributed by atoms with Crippen LogP contribution in [0.5, 0.6) is 0 Å². The first-order valence-electron chi connectivity index (χ1n) is 9.15. The van der Waals surface area contributed by atoms with Crippen molar-refractivity contribution in [2.45, 2.75) is 12.5 Å². The molecule has 1 heterocycles. The van der Waals surface area contributed by atoms with E-state index in [-0.39, 0.29) is 39.2 Å². The van der Waals surface area contributed by atoms with Gasteiger partial charge in [-0.2, -0.15) is 0 Å². The van der Waals surface area contributed by atoms with E-state index in [4.69, 9.17) is 34.8 Å². The number of aromatic nitrogens is 2. The fourth-order valence-corrected chi connectivity index (χ4v) is 3.52. The Morgan fingerprint density at radius 1 is 1.06 bits per heavy atom. The van der Waals surface area contributed by atoms with Crippen molar-refractivity contribution in [2.24, 2.45) is 5.84 Å². The Balaban J connectivity index is 1.81. The molecule has 0 spiro atoms. The van der Waals surface area contributed by atoms with Crippen LogP contribution in [0.1, 0.15) is 31.8 Å². The number of carbonyl (C=O) groups excluding carboxylic acids is 2. The van der Waals surface area contributed by atoms with Crippen LogP contribution < -0.4 is 11.6 Å². The number of aliphatic carboxylic acids is 1. The number of ketones is 1. The minimum atomic E-state index is -1.41. The van der Waals surface area contributed by atoms with Gasteiger partial charge in [-0.1, -0.05) is 53.5 Å². The van der Waals surface area contributed by atoms with Crippen molar-refractivity contribution in [1.82, 2.24) is 15.0 Å². The molecule has 5 N–H and O–H groups in total. The van der Waals surface area contributed by atoms with E-state index < -0.39 is 17.9 Å². The summed E-state index contributed by atoms with van der Waals surface area (Å²) in [4.78, 5) is 44.7. The summed E-state index contributed by atoms with van der Waals surface area (Å²) in [5, 5.41) is 10.3. The van der Waals surface area contributed by atoms with Gasteiger partial charge < -0.3 is 10.8 Å². The average Bonchev–Trinajstić information content (AvgIpc) is 2.77. The Bertz CT molecular complexity index is 1170. The first-order chi connectivity index (χ1) is 15.2. The zero-order valence-corrected chi connectivity index (χ0v) is 17.9. The van der Waals surface area contributed by atoms with Crippen molar-refractivity contribution in [1.29, 1.82) is 0 Å². The molecule has 0 aliphatic heterocycles. The standard InChI is InChI=1S/C21H17Cl2N5O4/c22-14-2-1-3-15(23)17(14)20(30)28(25)16(21(31)32)8-11-4-6-12(7-5-11)18(29)13-9-26-10-27-19(13)24/h1-7,9-10,16H,8,25H2,(H,31,32)(H2,24,26,27)/t16-/m0/s1. The first-order valence-corrected chi connectivity index (χ1v) is 9.90. The molecule has 0 unspecified atom stereocenters. The van der Waals surface area contributed by atoms with E-state index in [2.05, 4.69) is 9.97 Å². The van der Waals surface area contributed by atoms with Crippen molar-refractivity contribution in [3.05, 3.63) is 87.3 Å². The molecule has 1 aromatic heterocycles. The molecule has 164 valence electrons. The molecule has 32 heavy (non-hydrogen) atoms. The van der Waals surface area contributed by atoms with Crippen molar-refractivity contribution in [2.75, 3.05) is 5.73 Å². The molecular formula is C21H17Cl2N5O4. The molecule has 11 heteroatoms. The summed E-state index contributed by atoms with van der Waals surface area (Å²) in [7, 11) is 0. The molecule has 9 nitrogen and oxygen atoms in total. The molecule has 0 aliphatic rings. The van der Waals surface area contributed by atoms with Gasteiger partial charge in [0.1, 0.15) is 18.2 Å². The highest BCUT2D eigenvalue weighted by molar-refractivity contribution is 6.39. The zero-order chi connectivity index (χ0) is 23.4. The number of anilines is 1. The van der Waals surface area contributed by atoms with E-state index in [0.29, 0.717) is 16.1 Å². The molecular weight excluding hydrogens is 457 g/mol. The fraction of sp³-hybridized carbons (Fsp3) is 0.0952. The number of amides is 1. The molecule has 0 saturated carbocycles. The number of carboxylic acid groups (broad SMARTS) is 1. The molecule has 3 rings (SSSR count). The maximum atomic E-state index is 12.8. The Hall–Kier alpha value is -3.53. The van der Waals surface area contributed by atoms with Gasteiger partial charge in [-0.3, -0.25) is 14.6 Å². The first kappa shape index (κ1) is 23.1. The largest absolute Gasteiger partial charge is 0.480 e. The number of halogens is 2. The predicted molar refractivity (Wildman–Crippen MR) is 118 cm³/mol. The summed E-state index contributed by atoms with van der Waals surface area (Å²) in [6.45, 7) is 0. The summed E-state index contributed by atoms with van der Waals surface area (Å²) in [6.07, 6.45) is 2.43. The van der Waals surface area contributed by atoms with Crippen LogP contribution in [0.3, 0.4) is 0 Å². The Morgan fingerprint density at radius 3 is 2.25 bits per heavy atom. The molecule has 3 aromatic rings. The monoisotopic (exact) mass is 473 g/mol. The zero-order valence-electron chi connectivity index (χ0n) is 16.4. The lowest BCUT2D eigenvalue weighted by Gasteiger charge is -2.25. The minimum absolute atomic E-state index is 0.0501. The lowest BCUT2D eigenvalue weighted by Crippen LogP contribution is -2.50. The summed E-state index contributed by atoms with van der Waals surface area (Å²) in [5.74, 6) is 3.37. The van der Waals surface area contributed by atoms with E-state index in [9.17, 15) is 19.5 Å². The third-order valence-corrected chi connectivity index (χ3v) is 5.29. The van der Waals surface area contributed by atoms with Gasteiger partial charge in [0.15, 0.2) is 5.78 Å². The van der Waals surface area contributed by atoms with Gasteiger partial charge in [-0.15, -0.1) is 0 Å². The predicted octanol–water partition coefficient (Wildman–Crippen LogP) is 2.61. The second-order valence-corrected chi connectivity index (χ2v) is 7.53. The normalized spacial score (nSPS) is 11.6. The lowest BCUT2D eigenvalue weighted by molar-refractivity contribution is -0.142. The second-order valence-electron chi connectivity index (χ2n) is 6.71. The summed E-state index contributed by atoms with van der Waals surface area (Å²) < 4.78 is 0. The van der Waals surface area contributed by atoms with Gasteiger partial charge in [-0.05, 0) is 17.7 Å². The van der Waals surface area contributed by atoms with Crippen LogP contribution in [0.25, 0.3) is 0 Å². The Kier molecular flexibility index (Phi) is 7.04. The van der Waals surface area contributed by atoms with Gasteiger partial charge in [0.05, 0.1) is 21.2 Å². The van der Waals surface area contributed by atoms with Gasteiger partial charge in [-0.25, -0.2) is 20.6 Å². The number of carbonyl (C=O) groups is 3. The molecule has 0 aliphatic carbocycles. The molecule has 0 saturated heterocycles. The molecule has 2 aromatic carbocycles. The third kappa shape index (κ3) is 4.86. The molecule has 0 bridgehead atoms. The SMILES string of the molecule is Nc1ncncc1C(=O)c1ccc(C[C@@H](C(=O)O)N(N)C(=O)c2c(Cl)cccc2Cl)cc1. The topological polar surface area (TPSA) is 152 Å². The maximum Gasteiger partial charge on any atom is 0.328 e. The molecule has 0 fully saturated rings. The number of rotatable bonds is 7. The molecule has 0 radical (unpaired) electrons. The second kappa shape index (κ2) is 9.73. The smallest absolute Gasteiger partial charge is 0.328 e. The fourth-order valence-electron chi connectivity index (χ4n) is 2.96. The number of nitrogens with two attached hydrogens (primary N) is 2. The highest BCUT2D eigenvalue weighted by Gasteiger charge is 2.30. The van der Waals surface area contributed by atoms with Gasteiger partial charge >= 0.3 is 5.97 Å². The van der Waals surface area contributed by atoms with Crippen LogP contribution in [0, 0.1) is 0 Å².